The van der Waals surface area contributed by atoms with Crippen LogP contribution in [0, 0.1) is 0 Å². The van der Waals surface area contributed by atoms with Crippen molar-refractivity contribution in [3.8, 4) is 5.75 Å². The van der Waals surface area contributed by atoms with Crippen molar-refractivity contribution in [1.29, 1.82) is 0 Å². The first-order valence-electron chi connectivity index (χ1n) is 6.86. The van der Waals surface area contributed by atoms with Crippen LogP contribution in [0.15, 0.2) is 24.3 Å². The Morgan fingerprint density at radius 1 is 1.33 bits per heavy atom. The summed E-state index contributed by atoms with van der Waals surface area (Å²) < 4.78 is 5.14. The number of carbonyl (C=O) groups excluding carboxylic acids is 1. The summed E-state index contributed by atoms with van der Waals surface area (Å²) in [7, 11) is 3.32. The molecule has 0 aromatic heterocycles. The lowest BCUT2D eigenvalue weighted by atomic mass is 10.2. The molecule has 6 heteroatoms. The van der Waals surface area contributed by atoms with E-state index < -0.39 is 5.97 Å². The van der Waals surface area contributed by atoms with Crippen LogP contribution >= 0.6 is 0 Å². The van der Waals surface area contributed by atoms with Crippen LogP contribution < -0.4 is 10.1 Å². The van der Waals surface area contributed by atoms with E-state index in [2.05, 4.69) is 5.32 Å². The molecule has 21 heavy (non-hydrogen) atoms. The average molecular weight is 294 g/mol. The third-order valence-electron chi connectivity index (χ3n) is 2.99. The number of ether oxygens (including phenoxy) is 1. The van der Waals surface area contributed by atoms with Crippen LogP contribution in [0.3, 0.4) is 0 Å². The Morgan fingerprint density at radius 3 is 2.76 bits per heavy atom. The van der Waals surface area contributed by atoms with Gasteiger partial charge in [-0.15, -0.1) is 0 Å². The highest BCUT2D eigenvalue weighted by molar-refractivity contribution is 5.73. The first kappa shape index (κ1) is 16.8. The highest BCUT2D eigenvalue weighted by Gasteiger charge is 2.08. The van der Waals surface area contributed by atoms with Crippen molar-refractivity contribution in [2.45, 2.75) is 25.8 Å². The van der Waals surface area contributed by atoms with Gasteiger partial charge in [0.25, 0.3) is 0 Å². The Balaban J connectivity index is 2.31. The van der Waals surface area contributed by atoms with E-state index in [1.54, 1.807) is 19.1 Å². The molecule has 0 aliphatic carbocycles. The molecule has 116 valence electrons. The Kier molecular flexibility index (Phi) is 7.08. The predicted octanol–water partition coefficient (Wildman–Crippen LogP) is 2.09. The molecule has 0 spiro atoms. The molecule has 0 radical (unpaired) electrons. The van der Waals surface area contributed by atoms with Crippen LogP contribution in [-0.2, 0) is 11.3 Å². The van der Waals surface area contributed by atoms with Crippen LogP contribution in [0.5, 0.6) is 5.75 Å². The van der Waals surface area contributed by atoms with Gasteiger partial charge in [-0.1, -0.05) is 12.1 Å². The first-order chi connectivity index (χ1) is 10.0. The summed E-state index contributed by atoms with van der Waals surface area (Å²) >= 11 is 0. The fourth-order valence-electron chi connectivity index (χ4n) is 1.85. The number of nitrogens with one attached hydrogen (secondary N) is 1. The minimum Gasteiger partial charge on any atom is -0.497 e. The van der Waals surface area contributed by atoms with Crippen LogP contribution in [0.4, 0.5) is 4.79 Å². The molecule has 1 aromatic carbocycles. The predicted molar refractivity (Wildman–Crippen MR) is 79.3 cm³/mol. The molecule has 0 fully saturated rings. The zero-order valence-corrected chi connectivity index (χ0v) is 12.5. The number of methoxy groups -OCH3 is 1. The molecule has 0 atom stereocenters. The van der Waals surface area contributed by atoms with Crippen LogP contribution in [0.25, 0.3) is 0 Å². The Bertz CT molecular complexity index is 476. The summed E-state index contributed by atoms with van der Waals surface area (Å²) in [4.78, 5) is 23.8. The fraction of sp³-hybridized carbons (Fsp3) is 0.467. The number of aliphatic carboxylic acids is 1. The zero-order valence-electron chi connectivity index (χ0n) is 12.5. The van der Waals surface area contributed by atoms with Crippen molar-refractivity contribution in [2.24, 2.45) is 0 Å². The van der Waals surface area contributed by atoms with Gasteiger partial charge in [-0.25, -0.2) is 4.79 Å². The van der Waals surface area contributed by atoms with Crippen molar-refractivity contribution >= 4 is 12.0 Å². The lowest BCUT2D eigenvalue weighted by Crippen LogP contribution is -2.37. The number of unbranched alkanes of at least 4 members (excludes halogenated alkanes) is 1. The highest BCUT2D eigenvalue weighted by Crippen LogP contribution is 2.13. The smallest absolute Gasteiger partial charge is 0.317 e. The van der Waals surface area contributed by atoms with Gasteiger partial charge in [0.05, 0.1) is 7.11 Å². The molecule has 0 unspecified atom stereocenters. The largest absolute Gasteiger partial charge is 0.497 e. The summed E-state index contributed by atoms with van der Waals surface area (Å²) in [6.45, 7) is 0.965. The summed E-state index contributed by atoms with van der Waals surface area (Å²) in [5, 5.41) is 11.3. The first-order valence-corrected chi connectivity index (χ1v) is 6.86. The molecular weight excluding hydrogens is 272 g/mol. The van der Waals surface area contributed by atoms with E-state index in [0.717, 1.165) is 11.3 Å². The zero-order chi connectivity index (χ0) is 15.7. The van der Waals surface area contributed by atoms with E-state index in [0.29, 0.717) is 25.9 Å². The van der Waals surface area contributed by atoms with Crippen molar-refractivity contribution < 1.29 is 19.4 Å². The number of carbonyl (C=O) groups is 2. The van der Waals surface area contributed by atoms with E-state index in [4.69, 9.17) is 9.84 Å². The van der Waals surface area contributed by atoms with Crippen LogP contribution in [0.1, 0.15) is 24.8 Å². The number of urea groups is 1. The quantitative estimate of drug-likeness (QED) is 0.720. The molecule has 0 bridgehead atoms. The molecule has 0 aliphatic rings. The number of rotatable bonds is 8. The fourth-order valence-corrected chi connectivity index (χ4v) is 1.85. The Hall–Kier alpha value is -2.24. The van der Waals surface area contributed by atoms with Gasteiger partial charge in [0.15, 0.2) is 0 Å². The third kappa shape index (κ3) is 6.65. The molecule has 0 heterocycles. The number of hydrogen-bond acceptors (Lipinski definition) is 3. The van der Waals surface area contributed by atoms with Gasteiger partial charge in [-0.05, 0) is 30.5 Å². The number of benzene rings is 1. The number of carboxylic acids is 1. The minimum absolute atomic E-state index is 0.134. The summed E-state index contributed by atoms with van der Waals surface area (Å²) in [6.07, 6.45) is 1.36. The van der Waals surface area contributed by atoms with Crippen molar-refractivity contribution in [2.75, 3.05) is 20.7 Å². The topological polar surface area (TPSA) is 78.9 Å². The van der Waals surface area contributed by atoms with Gasteiger partial charge >= 0.3 is 12.0 Å². The number of carboxylic acid groups (broad SMARTS) is 1. The molecule has 1 aromatic rings. The molecular formula is C15H22N2O4. The number of hydrogen-bond donors (Lipinski definition) is 2. The van der Waals surface area contributed by atoms with Gasteiger partial charge in [0.1, 0.15) is 5.75 Å². The molecule has 2 N–H and O–H groups in total. The van der Waals surface area contributed by atoms with Crippen molar-refractivity contribution in [1.82, 2.24) is 10.2 Å². The number of nitrogens with zero attached hydrogens (tertiary/aromatic N) is 1. The van der Waals surface area contributed by atoms with Crippen molar-refractivity contribution in [3.05, 3.63) is 29.8 Å². The Labute approximate surface area is 124 Å². The second kappa shape index (κ2) is 8.84. The molecule has 0 saturated heterocycles. The maximum atomic E-state index is 11.9. The van der Waals surface area contributed by atoms with Gasteiger partial charge in [0.2, 0.25) is 0 Å². The second-order valence-electron chi connectivity index (χ2n) is 4.79. The normalized spacial score (nSPS) is 10.0. The number of amides is 2. The lowest BCUT2D eigenvalue weighted by Gasteiger charge is -2.18. The maximum Gasteiger partial charge on any atom is 0.317 e. The third-order valence-corrected chi connectivity index (χ3v) is 2.99. The van der Waals surface area contributed by atoms with E-state index in [9.17, 15) is 9.59 Å². The monoisotopic (exact) mass is 294 g/mol. The van der Waals surface area contributed by atoms with E-state index in [1.807, 2.05) is 24.3 Å². The summed E-state index contributed by atoms with van der Waals surface area (Å²) in [6, 6.07) is 7.38. The Morgan fingerprint density at radius 2 is 2.10 bits per heavy atom. The molecule has 6 nitrogen and oxygen atoms in total. The van der Waals surface area contributed by atoms with Gasteiger partial charge < -0.3 is 20.1 Å². The van der Waals surface area contributed by atoms with E-state index in [-0.39, 0.29) is 12.5 Å². The van der Waals surface area contributed by atoms with Crippen LogP contribution in [0.2, 0.25) is 0 Å². The molecule has 0 saturated carbocycles. The highest BCUT2D eigenvalue weighted by atomic mass is 16.5. The average Bonchev–Trinajstić information content (AvgIpc) is 2.46. The maximum absolute atomic E-state index is 11.9. The molecule has 0 aliphatic heterocycles. The minimum atomic E-state index is -0.809. The standard InChI is InChI=1S/C15H22N2O4/c1-17(11-12-6-5-7-13(10-12)21-2)15(20)16-9-4-3-8-14(18)19/h5-7,10H,3-4,8-9,11H2,1-2H3,(H,16,20)(H,18,19). The SMILES string of the molecule is COc1cccc(CN(C)C(=O)NCCCCC(=O)O)c1. The lowest BCUT2D eigenvalue weighted by molar-refractivity contribution is -0.137. The van der Waals surface area contributed by atoms with Gasteiger partial charge in [0, 0.05) is 26.6 Å². The van der Waals surface area contributed by atoms with Crippen LogP contribution in [-0.4, -0.2) is 42.7 Å². The second-order valence-corrected chi connectivity index (χ2v) is 4.79. The summed E-state index contributed by atoms with van der Waals surface area (Å²) in [5.41, 5.74) is 0.984. The van der Waals surface area contributed by atoms with Gasteiger partial charge in [-0.3, -0.25) is 4.79 Å². The molecule has 1 rings (SSSR count). The molecule has 2 amide bonds. The van der Waals surface area contributed by atoms with Gasteiger partial charge in [-0.2, -0.15) is 0 Å². The summed E-state index contributed by atoms with van der Waals surface area (Å²) in [5.74, 6) is -0.0496. The van der Waals surface area contributed by atoms with Crippen molar-refractivity contribution in [3.63, 3.8) is 0 Å². The van der Waals surface area contributed by atoms with E-state index >= 15 is 0 Å². The van der Waals surface area contributed by atoms with E-state index in [1.165, 1.54) is 0 Å².